The van der Waals surface area contributed by atoms with Crippen molar-refractivity contribution in [1.29, 1.82) is 0 Å². The lowest BCUT2D eigenvalue weighted by molar-refractivity contribution is 0.173. The molecule has 1 unspecified atom stereocenters. The quantitative estimate of drug-likeness (QED) is 0.672. The van der Waals surface area contributed by atoms with Crippen LogP contribution in [0.2, 0.25) is 0 Å². The molecule has 0 amide bonds. The van der Waals surface area contributed by atoms with Gasteiger partial charge >= 0.3 is 0 Å². The second kappa shape index (κ2) is 6.02. The minimum Gasteiger partial charge on any atom is -0.314 e. The number of hydrogen-bond donors (Lipinski definition) is 1. The molecule has 0 saturated heterocycles. The highest BCUT2D eigenvalue weighted by Crippen LogP contribution is 2.19. The van der Waals surface area contributed by atoms with Gasteiger partial charge in [0, 0.05) is 18.6 Å². The summed E-state index contributed by atoms with van der Waals surface area (Å²) < 4.78 is 0. The molecule has 1 aliphatic rings. The summed E-state index contributed by atoms with van der Waals surface area (Å²) in [4.78, 5) is 2.50. The molecule has 1 rings (SSSR count). The van der Waals surface area contributed by atoms with Crippen LogP contribution in [0.15, 0.2) is 0 Å². The van der Waals surface area contributed by atoms with Gasteiger partial charge in [-0.2, -0.15) is 0 Å². The van der Waals surface area contributed by atoms with Crippen molar-refractivity contribution >= 4 is 0 Å². The van der Waals surface area contributed by atoms with Crippen LogP contribution in [0.3, 0.4) is 0 Å². The molecule has 1 atom stereocenters. The van der Waals surface area contributed by atoms with E-state index in [1.807, 2.05) is 0 Å². The Hall–Kier alpha value is -0.0800. The van der Waals surface area contributed by atoms with E-state index in [4.69, 9.17) is 0 Å². The molecule has 16 heavy (non-hydrogen) atoms. The second-order valence-electron chi connectivity index (χ2n) is 6.70. The smallest absolute Gasteiger partial charge is 0.00682 e. The van der Waals surface area contributed by atoms with Crippen molar-refractivity contribution in [3.05, 3.63) is 0 Å². The van der Waals surface area contributed by atoms with E-state index in [0.29, 0.717) is 11.5 Å². The number of rotatable bonds is 7. The van der Waals surface area contributed by atoms with Crippen LogP contribution in [0, 0.1) is 5.41 Å². The third kappa shape index (κ3) is 6.49. The number of nitrogens with one attached hydrogen (secondary N) is 1. The largest absolute Gasteiger partial charge is 0.314 e. The fraction of sp³-hybridized carbons (Fsp3) is 1.00. The van der Waals surface area contributed by atoms with Gasteiger partial charge in [-0.1, -0.05) is 20.8 Å². The molecule has 0 heterocycles. The van der Waals surface area contributed by atoms with Crippen LogP contribution in [0.4, 0.5) is 0 Å². The van der Waals surface area contributed by atoms with Crippen LogP contribution in [-0.4, -0.2) is 37.1 Å². The fourth-order valence-corrected chi connectivity index (χ4v) is 2.12. The average molecular weight is 226 g/mol. The Morgan fingerprint density at radius 3 is 2.44 bits per heavy atom. The summed E-state index contributed by atoms with van der Waals surface area (Å²) in [6, 6.07) is 1.57. The summed E-state index contributed by atoms with van der Waals surface area (Å²) in [6.45, 7) is 11.7. The molecular weight excluding hydrogens is 196 g/mol. The van der Waals surface area contributed by atoms with Gasteiger partial charge < -0.3 is 10.2 Å². The Labute approximate surface area is 102 Å². The molecule has 0 spiro atoms. The van der Waals surface area contributed by atoms with Crippen LogP contribution in [0.5, 0.6) is 0 Å². The van der Waals surface area contributed by atoms with Gasteiger partial charge in [0.15, 0.2) is 0 Å². The van der Waals surface area contributed by atoms with Gasteiger partial charge in [0.2, 0.25) is 0 Å². The summed E-state index contributed by atoms with van der Waals surface area (Å²) in [6.07, 6.45) is 5.43. The minimum atomic E-state index is 0.412. The van der Waals surface area contributed by atoms with Gasteiger partial charge in [-0.25, -0.2) is 0 Å². The van der Waals surface area contributed by atoms with Crippen molar-refractivity contribution in [2.75, 3.05) is 20.1 Å². The third-order valence-corrected chi connectivity index (χ3v) is 3.29. The van der Waals surface area contributed by atoms with E-state index in [1.165, 1.54) is 38.8 Å². The SMILES string of the molecule is CC(CCCNC1CC1)N(C)CC(C)(C)C. The molecule has 0 aromatic heterocycles. The van der Waals surface area contributed by atoms with Crippen molar-refractivity contribution in [3.63, 3.8) is 0 Å². The Bertz CT molecular complexity index is 191. The Morgan fingerprint density at radius 2 is 1.94 bits per heavy atom. The predicted molar refractivity (Wildman–Crippen MR) is 71.8 cm³/mol. The van der Waals surface area contributed by atoms with E-state index >= 15 is 0 Å². The van der Waals surface area contributed by atoms with E-state index in [1.54, 1.807) is 0 Å². The van der Waals surface area contributed by atoms with Gasteiger partial charge in [-0.05, 0) is 51.6 Å². The first kappa shape index (κ1) is 14.0. The van der Waals surface area contributed by atoms with E-state index in [2.05, 4.69) is 45.0 Å². The van der Waals surface area contributed by atoms with E-state index in [-0.39, 0.29) is 0 Å². The molecule has 1 fully saturated rings. The van der Waals surface area contributed by atoms with Crippen molar-refractivity contribution in [1.82, 2.24) is 10.2 Å². The molecule has 0 aliphatic heterocycles. The summed E-state index contributed by atoms with van der Waals surface area (Å²) >= 11 is 0. The molecular formula is C14H30N2. The van der Waals surface area contributed by atoms with Gasteiger partial charge in [0.25, 0.3) is 0 Å². The topological polar surface area (TPSA) is 15.3 Å². The zero-order chi connectivity index (χ0) is 12.2. The molecule has 0 aromatic carbocycles. The highest BCUT2D eigenvalue weighted by Gasteiger charge is 2.20. The lowest BCUT2D eigenvalue weighted by Gasteiger charge is -2.31. The van der Waals surface area contributed by atoms with Crippen molar-refractivity contribution in [2.24, 2.45) is 5.41 Å². The molecule has 96 valence electrons. The summed E-state index contributed by atoms with van der Waals surface area (Å²) in [5.74, 6) is 0. The van der Waals surface area contributed by atoms with E-state index in [0.717, 1.165) is 6.04 Å². The van der Waals surface area contributed by atoms with Crippen molar-refractivity contribution < 1.29 is 0 Å². The highest BCUT2D eigenvalue weighted by molar-refractivity contribution is 4.80. The Balaban J connectivity index is 2.05. The van der Waals surface area contributed by atoms with Crippen LogP contribution >= 0.6 is 0 Å². The molecule has 1 N–H and O–H groups in total. The van der Waals surface area contributed by atoms with Gasteiger partial charge in [0.05, 0.1) is 0 Å². The summed E-state index contributed by atoms with van der Waals surface area (Å²) in [5, 5.41) is 3.58. The molecule has 0 bridgehead atoms. The van der Waals surface area contributed by atoms with Crippen LogP contribution in [0.25, 0.3) is 0 Å². The number of hydrogen-bond acceptors (Lipinski definition) is 2. The maximum atomic E-state index is 3.58. The molecule has 0 radical (unpaired) electrons. The molecule has 0 aromatic rings. The van der Waals surface area contributed by atoms with Crippen LogP contribution < -0.4 is 5.32 Å². The zero-order valence-electron chi connectivity index (χ0n) is 11.8. The molecule has 1 saturated carbocycles. The minimum absolute atomic E-state index is 0.412. The maximum Gasteiger partial charge on any atom is 0.00682 e. The normalized spacial score (nSPS) is 19.1. The lowest BCUT2D eigenvalue weighted by Crippen LogP contribution is -2.36. The van der Waals surface area contributed by atoms with Crippen molar-refractivity contribution in [3.8, 4) is 0 Å². The first-order valence-corrected chi connectivity index (χ1v) is 6.82. The van der Waals surface area contributed by atoms with Crippen LogP contribution in [0.1, 0.15) is 53.4 Å². The van der Waals surface area contributed by atoms with E-state index in [9.17, 15) is 0 Å². The fourth-order valence-electron chi connectivity index (χ4n) is 2.12. The second-order valence-corrected chi connectivity index (χ2v) is 6.70. The first-order valence-electron chi connectivity index (χ1n) is 6.82. The Kier molecular flexibility index (Phi) is 5.26. The zero-order valence-corrected chi connectivity index (χ0v) is 11.8. The predicted octanol–water partition coefficient (Wildman–Crippen LogP) is 2.89. The summed E-state index contributed by atoms with van der Waals surface area (Å²) in [5.41, 5.74) is 0.412. The van der Waals surface area contributed by atoms with Crippen molar-refractivity contribution in [2.45, 2.75) is 65.5 Å². The Morgan fingerprint density at radius 1 is 1.31 bits per heavy atom. The van der Waals surface area contributed by atoms with E-state index < -0.39 is 0 Å². The molecule has 2 heteroatoms. The monoisotopic (exact) mass is 226 g/mol. The van der Waals surface area contributed by atoms with Gasteiger partial charge in [-0.15, -0.1) is 0 Å². The van der Waals surface area contributed by atoms with Crippen LogP contribution in [-0.2, 0) is 0 Å². The maximum absolute atomic E-state index is 3.58. The highest BCUT2D eigenvalue weighted by atomic mass is 15.1. The summed E-state index contributed by atoms with van der Waals surface area (Å²) in [7, 11) is 2.25. The molecule has 2 nitrogen and oxygen atoms in total. The average Bonchev–Trinajstić information content (AvgIpc) is 2.92. The number of nitrogens with zero attached hydrogens (tertiary/aromatic N) is 1. The standard InChI is InChI=1S/C14H30N2/c1-12(16(5)11-14(2,3)4)7-6-10-15-13-8-9-13/h12-13,15H,6-11H2,1-5H3. The van der Waals surface area contributed by atoms with Gasteiger partial charge in [0.1, 0.15) is 0 Å². The third-order valence-electron chi connectivity index (χ3n) is 3.29. The van der Waals surface area contributed by atoms with Gasteiger partial charge in [-0.3, -0.25) is 0 Å². The first-order chi connectivity index (χ1) is 7.38. The lowest BCUT2D eigenvalue weighted by atomic mass is 9.95. The molecule has 1 aliphatic carbocycles.